The van der Waals surface area contributed by atoms with Gasteiger partial charge in [0, 0.05) is 11.9 Å². The van der Waals surface area contributed by atoms with Crippen molar-refractivity contribution in [3.63, 3.8) is 0 Å². The Balaban J connectivity index is 1.62. The number of hydrogen-bond donors (Lipinski definition) is 1. The predicted octanol–water partition coefficient (Wildman–Crippen LogP) is 5.63. The van der Waals surface area contributed by atoms with Crippen molar-refractivity contribution in [2.24, 2.45) is 0 Å². The van der Waals surface area contributed by atoms with Crippen LogP contribution in [0.15, 0.2) is 88.5 Å². The van der Waals surface area contributed by atoms with Gasteiger partial charge in [-0.05, 0) is 42.3 Å². The third-order valence-corrected chi connectivity index (χ3v) is 6.50. The predicted molar refractivity (Wildman–Crippen MR) is 141 cm³/mol. The van der Waals surface area contributed by atoms with Crippen LogP contribution in [0.2, 0.25) is 0 Å². The van der Waals surface area contributed by atoms with Gasteiger partial charge >= 0.3 is 0 Å². The number of carbonyl (C=O) groups excluding carboxylic acids is 2. The highest BCUT2D eigenvalue weighted by Crippen LogP contribution is 2.43. The highest BCUT2D eigenvalue weighted by Gasteiger charge is 2.45. The number of aliphatic hydroxyl groups excluding tert-OH is 1. The maximum atomic E-state index is 13.9. The number of ketones is 1. The highest BCUT2D eigenvalue weighted by molar-refractivity contribution is 6.16. The summed E-state index contributed by atoms with van der Waals surface area (Å²) in [6.45, 7) is 2.48. The van der Waals surface area contributed by atoms with Gasteiger partial charge in [0.2, 0.25) is 5.78 Å². The van der Waals surface area contributed by atoms with Crippen LogP contribution in [0.5, 0.6) is 17.2 Å². The summed E-state index contributed by atoms with van der Waals surface area (Å²) in [6, 6.07) is 20.6. The first-order valence-corrected chi connectivity index (χ1v) is 12.2. The molecule has 0 spiro atoms. The number of fused-ring (bicyclic) bond motifs is 1. The zero-order valence-electron chi connectivity index (χ0n) is 21.3. The number of nitrogens with zero attached hydrogens (tertiary/aromatic N) is 1. The largest absolute Gasteiger partial charge is 0.503 e. The van der Waals surface area contributed by atoms with E-state index in [9.17, 15) is 14.7 Å². The molecule has 1 N–H and O–H groups in total. The number of Topliss-reactive ketones (excluding diaryl/α,β-unsaturated/α-hetero) is 1. The maximum Gasteiger partial charge on any atom is 0.290 e. The lowest BCUT2D eigenvalue weighted by Gasteiger charge is -2.27. The molecule has 0 saturated carbocycles. The van der Waals surface area contributed by atoms with Crippen molar-refractivity contribution in [2.75, 3.05) is 20.8 Å². The molecule has 5 rings (SSSR count). The van der Waals surface area contributed by atoms with Gasteiger partial charge in [-0.1, -0.05) is 48.5 Å². The maximum absolute atomic E-state index is 13.9. The first-order valence-electron chi connectivity index (χ1n) is 12.2. The van der Waals surface area contributed by atoms with Gasteiger partial charge in [0.25, 0.3) is 5.91 Å². The second-order valence-corrected chi connectivity index (χ2v) is 8.75. The van der Waals surface area contributed by atoms with E-state index in [0.29, 0.717) is 40.4 Å². The van der Waals surface area contributed by atoms with E-state index in [1.54, 1.807) is 42.5 Å². The lowest BCUT2D eigenvalue weighted by molar-refractivity contribution is -0.130. The number of ether oxygens (including phenoxy) is 3. The third kappa shape index (κ3) is 4.34. The van der Waals surface area contributed by atoms with Crippen molar-refractivity contribution in [3.8, 4) is 17.2 Å². The van der Waals surface area contributed by atoms with Crippen LogP contribution < -0.4 is 14.2 Å². The van der Waals surface area contributed by atoms with Crippen LogP contribution in [0.3, 0.4) is 0 Å². The van der Waals surface area contributed by atoms with Crippen molar-refractivity contribution in [3.05, 3.63) is 101 Å². The number of furan rings is 1. The summed E-state index contributed by atoms with van der Waals surface area (Å²) in [5, 5.41) is 11.7. The van der Waals surface area contributed by atoms with Crippen LogP contribution in [-0.2, 0) is 11.3 Å². The first kappa shape index (κ1) is 25.0. The van der Waals surface area contributed by atoms with Gasteiger partial charge in [-0.3, -0.25) is 9.59 Å². The number of para-hydroxylation sites is 1. The van der Waals surface area contributed by atoms with Crippen molar-refractivity contribution in [1.82, 2.24) is 4.90 Å². The van der Waals surface area contributed by atoms with E-state index >= 15 is 0 Å². The summed E-state index contributed by atoms with van der Waals surface area (Å²) in [4.78, 5) is 28.8. The van der Waals surface area contributed by atoms with Gasteiger partial charge in [-0.15, -0.1) is 0 Å². The highest BCUT2D eigenvalue weighted by atomic mass is 16.5. The molecule has 0 radical (unpaired) electrons. The van der Waals surface area contributed by atoms with Gasteiger partial charge in [0.15, 0.2) is 34.4 Å². The number of rotatable bonds is 9. The molecular formula is C30H27NO7. The second-order valence-electron chi connectivity index (χ2n) is 8.75. The monoisotopic (exact) mass is 513 g/mol. The Kier molecular flexibility index (Phi) is 6.79. The molecule has 38 heavy (non-hydrogen) atoms. The summed E-state index contributed by atoms with van der Waals surface area (Å²) in [6.07, 6.45) is 0. The van der Waals surface area contributed by atoms with E-state index in [4.69, 9.17) is 18.6 Å². The summed E-state index contributed by atoms with van der Waals surface area (Å²) in [7, 11) is 3.03. The fraction of sp³-hybridized carbons (Fsp3) is 0.200. The SMILES string of the molecule is CCOc1ccc(C2C(C(=O)c3cc4cccc(OC)c4o3)=C(O)C(=O)N2Cc2ccccc2)cc1OC. The van der Waals surface area contributed by atoms with E-state index < -0.39 is 23.5 Å². The average Bonchev–Trinajstić information content (AvgIpc) is 3.49. The molecule has 0 fully saturated rings. The van der Waals surface area contributed by atoms with Crippen molar-refractivity contribution < 1.29 is 33.3 Å². The topological polar surface area (TPSA) is 98.4 Å². The molecule has 0 aliphatic carbocycles. The standard InChI is InChI=1S/C30H27NO7/c1-4-37-21-14-13-19(15-23(21)36-3)26-25(28(33)30(34)31(26)17-18-9-6-5-7-10-18)27(32)24-16-20-11-8-12-22(35-2)29(20)38-24/h5-16,26,33H,4,17H2,1-3H3. The Hall–Kier alpha value is -4.72. The van der Waals surface area contributed by atoms with Crippen LogP contribution in [0.25, 0.3) is 11.0 Å². The number of hydrogen-bond acceptors (Lipinski definition) is 7. The molecule has 2 heterocycles. The Bertz CT molecular complexity index is 1540. The average molecular weight is 514 g/mol. The minimum absolute atomic E-state index is 0.0108. The minimum Gasteiger partial charge on any atom is -0.503 e. The van der Waals surface area contributed by atoms with Crippen molar-refractivity contribution in [2.45, 2.75) is 19.5 Å². The van der Waals surface area contributed by atoms with Gasteiger partial charge in [-0.2, -0.15) is 0 Å². The molecule has 1 aliphatic heterocycles. The smallest absolute Gasteiger partial charge is 0.290 e. The minimum atomic E-state index is -0.894. The van der Waals surface area contributed by atoms with E-state index in [1.165, 1.54) is 19.1 Å². The number of carbonyl (C=O) groups is 2. The fourth-order valence-electron chi connectivity index (χ4n) is 4.75. The van der Waals surface area contributed by atoms with E-state index in [0.717, 1.165) is 5.56 Å². The van der Waals surface area contributed by atoms with E-state index in [1.807, 2.05) is 37.3 Å². The molecular weight excluding hydrogens is 486 g/mol. The molecule has 1 amide bonds. The van der Waals surface area contributed by atoms with Gasteiger partial charge in [0.05, 0.1) is 32.4 Å². The summed E-state index contributed by atoms with van der Waals surface area (Å²) < 4.78 is 22.4. The van der Waals surface area contributed by atoms with Gasteiger partial charge in [-0.25, -0.2) is 0 Å². The number of aliphatic hydroxyl groups is 1. The molecule has 8 heteroatoms. The number of benzene rings is 3. The Morgan fingerprint density at radius 2 is 1.71 bits per heavy atom. The quantitative estimate of drug-likeness (QED) is 0.290. The molecule has 1 aliphatic rings. The summed E-state index contributed by atoms with van der Waals surface area (Å²) >= 11 is 0. The summed E-state index contributed by atoms with van der Waals surface area (Å²) in [5.41, 5.74) is 1.76. The number of amides is 1. The molecule has 0 saturated heterocycles. The van der Waals surface area contributed by atoms with E-state index in [2.05, 4.69) is 0 Å². The van der Waals surface area contributed by atoms with Crippen molar-refractivity contribution >= 4 is 22.7 Å². The lowest BCUT2D eigenvalue weighted by atomic mass is 9.94. The molecule has 1 aromatic heterocycles. The Morgan fingerprint density at radius 1 is 0.947 bits per heavy atom. The van der Waals surface area contributed by atoms with Crippen LogP contribution in [0, 0.1) is 0 Å². The van der Waals surface area contributed by atoms with Crippen LogP contribution in [0.4, 0.5) is 0 Å². The molecule has 8 nitrogen and oxygen atoms in total. The molecule has 1 atom stereocenters. The number of methoxy groups -OCH3 is 2. The van der Waals surface area contributed by atoms with Gasteiger partial charge in [0.1, 0.15) is 0 Å². The molecule has 0 bridgehead atoms. The molecule has 1 unspecified atom stereocenters. The third-order valence-electron chi connectivity index (χ3n) is 6.50. The zero-order chi connectivity index (χ0) is 26.8. The lowest BCUT2D eigenvalue weighted by Crippen LogP contribution is -2.30. The zero-order valence-corrected chi connectivity index (χ0v) is 21.3. The molecule has 194 valence electrons. The second kappa shape index (κ2) is 10.3. The van der Waals surface area contributed by atoms with Crippen LogP contribution >= 0.6 is 0 Å². The van der Waals surface area contributed by atoms with Crippen LogP contribution in [-0.4, -0.2) is 42.5 Å². The Morgan fingerprint density at radius 3 is 2.42 bits per heavy atom. The van der Waals surface area contributed by atoms with E-state index in [-0.39, 0.29) is 17.9 Å². The van der Waals surface area contributed by atoms with Crippen LogP contribution in [0.1, 0.15) is 34.6 Å². The fourth-order valence-corrected chi connectivity index (χ4v) is 4.75. The molecule has 4 aromatic rings. The summed E-state index contributed by atoms with van der Waals surface area (Å²) in [5.74, 6) is -0.419. The van der Waals surface area contributed by atoms with Gasteiger partial charge < -0.3 is 28.6 Å². The Labute approximate surface area is 219 Å². The normalized spacial score (nSPS) is 15.3. The molecule has 3 aromatic carbocycles. The van der Waals surface area contributed by atoms with Crippen molar-refractivity contribution in [1.29, 1.82) is 0 Å². The first-order chi connectivity index (χ1) is 18.5.